The van der Waals surface area contributed by atoms with Crippen molar-refractivity contribution in [2.45, 2.75) is 24.3 Å². The highest BCUT2D eigenvalue weighted by Crippen LogP contribution is 2.26. The molecule has 0 saturated carbocycles. The number of sulfone groups is 1. The maximum absolute atomic E-state index is 11.7. The topological polar surface area (TPSA) is 46.2 Å². The Kier molecular flexibility index (Phi) is 4.96. The summed E-state index contributed by atoms with van der Waals surface area (Å²) in [6, 6.07) is 9.30. The third-order valence-corrected chi connectivity index (χ3v) is 4.91. The van der Waals surface area contributed by atoms with Crippen molar-refractivity contribution in [3.8, 4) is 0 Å². The Hall–Kier alpha value is -1.17. The van der Waals surface area contributed by atoms with E-state index in [1.165, 1.54) is 11.8 Å². The van der Waals surface area contributed by atoms with Gasteiger partial charge in [-0.3, -0.25) is 0 Å². The summed E-state index contributed by atoms with van der Waals surface area (Å²) in [6.07, 6.45) is 2.28. The number of nitrogens with one attached hydrogen (secondary N) is 1. The lowest BCUT2D eigenvalue weighted by atomic mass is 10.0. The molecular formula is C15H19NO2S2. The van der Waals surface area contributed by atoms with Gasteiger partial charge in [0.05, 0.1) is 10.9 Å². The SMILES string of the molecule is CCCNC(c1ccsc1)c1cccc(S(C)(=O)=O)c1. The van der Waals surface area contributed by atoms with Gasteiger partial charge >= 0.3 is 0 Å². The quantitative estimate of drug-likeness (QED) is 0.891. The lowest BCUT2D eigenvalue weighted by Gasteiger charge is -2.18. The summed E-state index contributed by atoms with van der Waals surface area (Å²) in [6.45, 7) is 3.01. The lowest BCUT2D eigenvalue weighted by molar-refractivity contribution is 0.594. The fourth-order valence-corrected chi connectivity index (χ4v) is 3.44. The fraction of sp³-hybridized carbons (Fsp3) is 0.333. The van der Waals surface area contributed by atoms with Gasteiger partial charge < -0.3 is 5.32 Å². The molecule has 1 N–H and O–H groups in total. The smallest absolute Gasteiger partial charge is 0.175 e. The molecule has 2 aromatic rings. The molecule has 1 heterocycles. The molecule has 0 saturated heterocycles. The first-order chi connectivity index (χ1) is 9.52. The molecule has 1 atom stereocenters. The number of rotatable bonds is 6. The second-order valence-corrected chi connectivity index (χ2v) is 7.58. The maximum Gasteiger partial charge on any atom is 0.175 e. The molecule has 1 aromatic carbocycles. The van der Waals surface area contributed by atoms with Crippen molar-refractivity contribution < 1.29 is 8.42 Å². The van der Waals surface area contributed by atoms with Gasteiger partial charge in [0.2, 0.25) is 0 Å². The van der Waals surface area contributed by atoms with E-state index in [2.05, 4.69) is 23.7 Å². The van der Waals surface area contributed by atoms with Crippen molar-refractivity contribution in [2.75, 3.05) is 12.8 Å². The second-order valence-electron chi connectivity index (χ2n) is 4.79. The second kappa shape index (κ2) is 6.52. The van der Waals surface area contributed by atoms with E-state index in [4.69, 9.17) is 0 Å². The Bertz CT molecular complexity index is 648. The van der Waals surface area contributed by atoms with Gasteiger partial charge in [-0.1, -0.05) is 19.1 Å². The van der Waals surface area contributed by atoms with Crippen molar-refractivity contribution in [1.82, 2.24) is 5.32 Å². The molecule has 2 rings (SSSR count). The Morgan fingerprint density at radius 2 is 2.05 bits per heavy atom. The monoisotopic (exact) mass is 309 g/mol. The normalized spacial score (nSPS) is 13.3. The van der Waals surface area contributed by atoms with Crippen LogP contribution in [0.5, 0.6) is 0 Å². The van der Waals surface area contributed by atoms with Crippen LogP contribution < -0.4 is 5.32 Å². The van der Waals surface area contributed by atoms with Crippen molar-refractivity contribution in [3.05, 3.63) is 52.2 Å². The molecule has 20 heavy (non-hydrogen) atoms. The van der Waals surface area contributed by atoms with Gasteiger partial charge in [0.1, 0.15) is 0 Å². The molecule has 1 unspecified atom stereocenters. The average Bonchev–Trinajstić information content (AvgIpc) is 2.92. The third kappa shape index (κ3) is 3.69. The number of hydrogen-bond donors (Lipinski definition) is 1. The average molecular weight is 309 g/mol. The number of thiophene rings is 1. The van der Waals surface area contributed by atoms with E-state index in [9.17, 15) is 8.42 Å². The lowest BCUT2D eigenvalue weighted by Crippen LogP contribution is -2.23. The summed E-state index contributed by atoms with van der Waals surface area (Å²) >= 11 is 1.65. The molecule has 0 aliphatic heterocycles. The van der Waals surface area contributed by atoms with Gasteiger partial charge in [-0.25, -0.2) is 8.42 Å². The van der Waals surface area contributed by atoms with Crippen LogP contribution in [0.3, 0.4) is 0 Å². The van der Waals surface area contributed by atoms with Gasteiger partial charge in [-0.15, -0.1) is 0 Å². The van der Waals surface area contributed by atoms with Crippen molar-refractivity contribution in [1.29, 1.82) is 0 Å². The minimum atomic E-state index is -3.17. The fourth-order valence-electron chi connectivity index (χ4n) is 2.08. The van der Waals surface area contributed by atoms with E-state index in [-0.39, 0.29) is 6.04 Å². The van der Waals surface area contributed by atoms with Crippen LogP contribution in [0.1, 0.15) is 30.5 Å². The minimum absolute atomic E-state index is 0.0444. The van der Waals surface area contributed by atoms with Gasteiger partial charge in [0, 0.05) is 6.26 Å². The van der Waals surface area contributed by atoms with Crippen LogP contribution in [-0.2, 0) is 9.84 Å². The molecule has 0 spiro atoms. The molecule has 0 radical (unpaired) electrons. The highest BCUT2D eigenvalue weighted by atomic mass is 32.2. The first kappa shape index (κ1) is 15.2. The van der Waals surface area contributed by atoms with Crippen LogP contribution in [0.15, 0.2) is 46.0 Å². The minimum Gasteiger partial charge on any atom is -0.306 e. The molecule has 108 valence electrons. The molecule has 1 aromatic heterocycles. The molecule has 0 bridgehead atoms. The predicted octanol–water partition coefficient (Wildman–Crippen LogP) is 3.24. The van der Waals surface area contributed by atoms with E-state index < -0.39 is 9.84 Å². The van der Waals surface area contributed by atoms with Gasteiger partial charge in [-0.05, 0) is 53.1 Å². The summed E-state index contributed by atoms with van der Waals surface area (Å²) < 4.78 is 23.4. The van der Waals surface area contributed by atoms with E-state index in [0.717, 1.165) is 18.5 Å². The Balaban J connectivity index is 2.39. The highest BCUT2D eigenvalue weighted by molar-refractivity contribution is 7.90. The van der Waals surface area contributed by atoms with Crippen molar-refractivity contribution >= 4 is 21.2 Å². The van der Waals surface area contributed by atoms with E-state index in [1.54, 1.807) is 29.5 Å². The maximum atomic E-state index is 11.7. The number of hydrogen-bond acceptors (Lipinski definition) is 4. The zero-order chi connectivity index (χ0) is 14.6. The van der Waals surface area contributed by atoms with Crippen LogP contribution >= 0.6 is 11.3 Å². The largest absolute Gasteiger partial charge is 0.306 e. The van der Waals surface area contributed by atoms with E-state index in [0.29, 0.717) is 4.90 Å². The Morgan fingerprint density at radius 1 is 1.25 bits per heavy atom. The van der Waals surface area contributed by atoms with Gasteiger partial charge in [0.15, 0.2) is 9.84 Å². The van der Waals surface area contributed by atoms with E-state index in [1.807, 2.05) is 11.4 Å². The zero-order valence-electron chi connectivity index (χ0n) is 11.7. The summed E-state index contributed by atoms with van der Waals surface area (Å²) in [5.41, 5.74) is 2.16. The molecule has 0 aliphatic rings. The van der Waals surface area contributed by atoms with Gasteiger partial charge in [0.25, 0.3) is 0 Å². The predicted molar refractivity (Wildman–Crippen MR) is 84.0 cm³/mol. The first-order valence-electron chi connectivity index (χ1n) is 6.58. The van der Waals surface area contributed by atoms with Crippen LogP contribution in [-0.4, -0.2) is 21.2 Å². The van der Waals surface area contributed by atoms with Crippen LogP contribution in [0.2, 0.25) is 0 Å². The van der Waals surface area contributed by atoms with Crippen molar-refractivity contribution in [3.63, 3.8) is 0 Å². The molecule has 5 heteroatoms. The molecule has 0 fully saturated rings. The molecule has 0 amide bonds. The Morgan fingerprint density at radius 3 is 2.65 bits per heavy atom. The number of benzene rings is 1. The molecule has 0 aliphatic carbocycles. The van der Waals surface area contributed by atoms with Crippen LogP contribution in [0, 0.1) is 0 Å². The summed E-state index contributed by atoms with van der Waals surface area (Å²) in [5.74, 6) is 0. The summed E-state index contributed by atoms with van der Waals surface area (Å²) in [4.78, 5) is 0.369. The molecular weight excluding hydrogens is 290 g/mol. The van der Waals surface area contributed by atoms with E-state index >= 15 is 0 Å². The Labute approximate surface area is 124 Å². The summed E-state index contributed by atoms with van der Waals surface area (Å²) in [5, 5.41) is 7.61. The van der Waals surface area contributed by atoms with Crippen molar-refractivity contribution in [2.24, 2.45) is 0 Å². The zero-order valence-corrected chi connectivity index (χ0v) is 13.3. The molecule has 3 nitrogen and oxygen atoms in total. The summed E-state index contributed by atoms with van der Waals surface area (Å²) in [7, 11) is -3.17. The highest BCUT2D eigenvalue weighted by Gasteiger charge is 2.16. The standard InChI is InChI=1S/C15H19NO2S2/c1-3-8-16-15(13-7-9-19-11-13)12-5-4-6-14(10-12)20(2,17)18/h4-7,9-11,15-16H,3,8H2,1-2H3. The van der Waals surface area contributed by atoms with Crippen LogP contribution in [0.25, 0.3) is 0 Å². The third-order valence-electron chi connectivity index (χ3n) is 3.09. The first-order valence-corrected chi connectivity index (χ1v) is 9.41. The van der Waals surface area contributed by atoms with Crippen LogP contribution in [0.4, 0.5) is 0 Å². The van der Waals surface area contributed by atoms with Gasteiger partial charge in [-0.2, -0.15) is 11.3 Å².